The maximum Gasteiger partial charge on any atom is 0.488 e. The Morgan fingerprint density at radius 1 is 1.10 bits per heavy atom. The maximum atomic E-state index is 9.09. The van der Waals surface area contributed by atoms with E-state index in [9.17, 15) is 0 Å². The van der Waals surface area contributed by atoms with Crippen molar-refractivity contribution in [3.63, 3.8) is 0 Å². The molecule has 5 heteroatoms. The van der Waals surface area contributed by atoms with E-state index in [2.05, 4.69) is 19.1 Å². The highest BCUT2D eigenvalue weighted by atomic mass is 32.2. The third-order valence-electron chi connectivity index (χ3n) is 2.86. The van der Waals surface area contributed by atoms with Gasteiger partial charge in [0.15, 0.2) is 0 Å². The Hall–Kier alpha value is -1.43. The van der Waals surface area contributed by atoms with Gasteiger partial charge in [-0.1, -0.05) is 30.3 Å². The highest BCUT2D eigenvalue weighted by Crippen LogP contribution is 2.21. The van der Waals surface area contributed by atoms with Crippen molar-refractivity contribution in [3.8, 4) is 5.75 Å². The van der Waals surface area contributed by atoms with Gasteiger partial charge in [0.2, 0.25) is 0 Å². The lowest BCUT2D eigenvalue weighted by Crippen LogP contribution is -2.29. The molecule has 0 unspecified atom stereocenters. The summed E-state index contributed by atoms with van der Waals surface area (Å²) in [4.78, 5) is 1.26. The van der Waals surface area contributed by atoms with E-state index in [1.54, 1.807) is 30.0 Å². The van der Waals surface area contributed by atoms with Crippen LogP contribution in [0.4, 0.5) is 0 Å². The molecule has 2 N–H and O–H groups in total. The van der Waals surface area contributed by atoms with Crippen LogP contribution in [0, 0.1) is 6.92 Å². The monoisotopic (exact) mass is 288 g/mol. The van der Waals surface area contributed by atoms with Gasteiger partial charge in [-0.05, 0) is 36.1 Å². The maximum absolute atomic E-state index is 9.09. The minimum atomic E-state index is -1.46. The molecule has 2 rings (SSSR count). The van der Waals surface area contributed by atoms with Crippen molar-refractivity contribution in [2.45, 2.75) is 11.8 Å². The first kappa shape index (κ1) is 15.0. The predicted octanol–water partition coefficient (Wildman–Crippen LogP) is 1.85. The Kier molecular flexibility index (Phi) is 5.53. The second-order valence-electron chi connectivity index (χ2n) is 4.41. The van der Waals surface area contributed by atoms with Gasteiger partial charge < -0.3 is 14.8 Å². The van der Waals surface area contributed by atoms with Crippen molar-refractivity contribution < 1.29 is 14.8 Å². The molecule has 0 aliphatic carbocycles. The fourth-order valence-electron chi connectivity index (χ4n) is 1.79. The zero-order valence-electron chi connectivity index (χ0n) is 11.3. The largest absolute Gasteiger partial charge is 0.493 e. The minimum absolute atomic E-state index is 0.439. The summed E-state index contributed by atoms with van der Waals surface area (Å²) in [6, 6.07) is 15.1. The van der Waals surface area contributed by atoms with Crippen molar-refractivity contribution >= 4 is 24.3 Å². The van der Waals surface area contributed by atoms with Crippen LogP contribution in [0.15, 0.2) is 53.4 Å². The molecule has 0 spiro atoms. The predicted molar refractivity (Wildman–Crippen MR) is 83.7 cm³/mol. The van der Waals surface area contributed by atoms with E-state index in [1.165, 1.54) is 10.5 Å². The molecule has 0 saturated heterocycles. The smallest absolute Gasteiger partial charge is 0.488 e. The van der Waals surface area contributed by atoms with Crippen LogP contribution < -0.4 is 10.2 Å². The van der Waals surface area contributed by atoms with Crippen molar-refractivity contribution in [3.05, 3.63) is 54.1 Å². The number of hydrogen-bond donors (Lipinski definition) is 2. The van der Waals surface area contributed by atoms with Crippen LogP contribution in [0.5, 0.6) is 5.75 Å². The molecule has 0 radical (unpaired) electrons. The van der Waals surface area contributed by atoms with Gasteiger partial charge in [0.1, 0.15) is 5.75 Å². The van der Waals surface area contributed by atoms with E-state index in [-0.39, 0.29) is 0 Å². The van der Waals surface area contributed by atoms with Gasteiger partial charge in [-0.2, -0.15) is 0 Å². The van der Waals surface area contributed by atoms with Crippen LogP contribution in [0.1, 0.15) is 5.56 Å². The Labute approximate surface area is 123 Å². The molecule has 0 fully saturated rings. The fourth-order valence-corrected chi connectivity index (χ4v) is 2.65. The average molecular weight is 288 g/mol. The summed E-state index contributed by atoms with van der Waals surface area (Å²) in [5, 5.41) is 18.2. The highest BCUT2D eigenvalue weighted by molar-refractivity contribution is 7.99. The lowest BCUT2D eigenvalue weighted by atomic mass is 9.80. The summed E-state index contributed by atoms with van der Waals surface area (Å²) >= 11 is 1.75. The summed E-state index contributed by atoms with van der Waals surface area (Å²) in [6.07, 6.45) is 0. The first-order chi connectivity index (χ1) is 9.66. The lowest BCUT2D eigenvalue weighted by molar-refractivity contribution is 0.344. The van der Waals surface area contributed by atoms with E-state index in [0.717, 1.165) is 5.75 Å². The molecule has 0 atom stereocenters. The van der Waals surface area contributed by atoms with Gasteiger partial charge >= 0.3 is 7.12 Å². The van der Waals surface area contributed by atoms with Crippen molar-refractivity contribution in [2.75, 3.05) is 12.4 Å². The summed E-state index contributed by atoms with van der Waals surface area (Å²) in [5.41, 5.74) is 1.71. The molecule has 0 bridgehead atoms. The lowest BCUT2D eigenvalue weighted by Gasteiger charge is -2.08. The number of aryl methyl sites for hydroxylation is 1. The van der Waals surface area contributed by atoms with E-state index in [0.29, 0.717) is 17.8 Å². The number of ether oxygens (including phenoxy) is 1. The van der Waals surface area contributed by atoms with E-state index >= 15 is 0 Å². The topological polar surface area (TPSA) is 49.7 Å². The molecule has 0 amide bonds. The Morgan fingerprint density at radius 3 is 2.65 bits per heavy atom. The van der Waals surface area contributed by atoms with Gasteiger partial charge in [-0.15, -0.1) is 11.8 Å². The molecular weight excluding hydrogens is 271 g/mol. The van der Waals surface area contributed by atoms with Crippen LogP contribution in [-0.2, 0) is 0 Å². The quantitative estimate of drug-likeness (QED) is 0.484. The Balaban J connectivity index is 1.82. The normalized spacial score (nSPS) is 10.3. The molecule has 3 nitrogen and oxygen atoms in total. The van der Waals surface area contributed by atoms with Crippen molar-refractivity contribution in [2.24, 2.45) is 0 Å². The Morgan fingerprint density at radius 2 is 1.90 bits per heavy atom. The molecule has 20 heavy (non-hydrogen) atoms. The number of rotatable bonds is 6. The first-order valence-corrected chi connectivity index (χ1v) is 7.42. The minimum Gasteiger partial charge on any atom is -0.493 e. The summed E-state index contributed by atoms with van der Waals surface area (Å²) in [5.74, 6) is 1.50. The van der Waals surface area contributed by atoms with E-state index in [1.807, 2.05) is 18.2 Å². The summed E-state index contributed by atoms with van der Waals surface area (Å²) in [7, 11) is -1.46. The van der Waals surface area contributed by atoms with Gasteiger partial charge in [-0.25, -0.2) is 0 Å². The van der Waals surface area contributed by atoms with Gasteiger partial charge in [-0.3, -0.25) is 0 Å². The molecule has 2 aromatic rings. The van der Waals surface area contributed by atoms with Gasteiger partial charge in [0, 0.05) is 10.6 Å². The Bertz CT molecular complexity index is 560. The fraction of sp³-hybridized carbons (Fsp3) is 0.200. The molecule has 0 aromatic heterocycles. The second kappa shape index (κ2) is 7.38. The van der Waals surface area contributed by atoms with Crippen molar-refractivity contribution in [1.29, 1.82) is 0 Å². The van der Waals surface area contributed by atoms with Gasteiger partial charge in [0.25, 0.3) is 0 Å². The second-order valence-corrected chi connectivity index (χ2v) is 5.55. The number of hydrogen-bond acceptors (Lipinski definition) is 4. The van der Waals surface area contributed by atoms with Crippen LogP contribution in [0.2, 0.25) is 0 Å². The molecule has 104 valence electrons. The van der Waals surface area contributed by atoms with Crippen molar-refractivity contribution in [1.82, 2.24) is 0 Å². The van der Waals surface area contributed by atoms with Crippen LogP contribution in [-0.4, -0.2) is 29.5 Å². The van der Waals surface area contributed by atoms with Crippen LogP contribution >= 0.6 is 11.8 Å². The van der Waals surface area contributed by atoms with Crippen LogP contribution in [0.25, 0.3) is 0 Å². The molecule has 0 aliphatic rings. The molecule has 0 heterocycles. The van der Waals surface area contributed by atoms with Gasteiger partial charge in [0.05, 0.1) is 6.61 Å². The first-order valence-electron chi connectivity index (χ1n) is 6.44. The molecular formula is C15H17BO3S. The average Bonchev–Trinajstić information content (AvgIpc) is 2.45. The summed E-state index contributed by atoms with van der Waals surface area (Å²) in [6.45, 7) is 2.67. The molecule has 0 saturated carbocycles. The van der Waals surface area contributed by atoms with Crippen LogP contribution in [0.3, 0.4) is 0 Å². The number of benzene rings is 2. The molecule has 2 aromatic carbocycles. The SMILES string of the molecule is Cc1ccccc1SCCOc1cccc(B(O)O)c1. The zero-order chi connectivity index (χ0) is 14.4. The summed E-state index contributed by atoms with van der Waals surface area (Å²) < 4.78 is 5.62. The van der Waals surface area contributed by atoms with E-state index < -0.39 is 7.12 Å². The van der Waals surface area contributed by atoms with E-state index in [4.69, 9.17) is 14.8 Å². The highest BCUT2D eigenvalue weighted by Gasteiger charge is 2.10. The zero-order valence-corrected chi connectivity index (χ0v) is 12.1. The standard InChI is InChI=1S/C15H17BO3S/c1-12-5-2-3-8-15(12)20-10-9-19-14-7-4-6-13(11-14)16(17)18/h2-8,11,17-18H,9-10H2,1H3. The third kappa shape index (κ3) is 4.30. The molecule has 0 aliphatic heterocycles. The number of thioether (sulfide) groups is 1. The third-order valence-corrected chi connectivity index (χ3v) is 4.00.